The van der Waals surface area contributed by atoms with Crippen LogP contribution in [0.5, 0.6) is 5.88 Å². The molecule has 0 aliphatic rings. The van der Waals surface area contributed by atoms with Crippen LogP contribution in [0.1, 0.15) is 29.3 Å². The molecule has 4 nitrogen and oxygen atoms in total. The Morgan fingerprint density at radius 2 is 2.17 bits per heavy atom. The molecule has 0 aromatic carbocycles. The summed E-state index contributed by atoms with van der Waals surface area (Å²) >= 11 is 1.78. The first-order valence-corrected chi connectivity index (χ1v) is 6.91. The smallest absolute Gasteiger partial charge is 0.233 e. The molecular formula is C13H19N3OS. The predicted molar refractivity (Wildman–Crippen MR) is 74.0 cm³/mol. The maximum Gasteiger partial charge on any atom is 0.233 e. The van der Waals surface area contributed by atoms with Crippen molar-refractivity contribution >= 4 is 11.3 Å². The monoisotopic (exact) mass is 265 g/mol. The lowest BCUT2D eigenvalue weighted by Gasteiger charge is -2.05. The maximum absolute atomic E-state index is 5.60. The summed E-state index contributed by atoms with van der Waals surface area (Å²) in [5, 5.41) is 10.3. The molecule has 98 valence electrons. The quantitative estimate of drug-likeness (QED) is 0.844. The largest absolute Gasteiger partial charge is 0.471 e. The summed E-state index contributed by atoms with van der Waals surface area (Å²) in [7, 11) is 0. The van der Waals surface area contributed by atoms with E-state index in [2.05, 4.69) is 41.5 Å². The number of ether oxygens (including phenoxy) is 1. The molecule has 0 aliphatic carbocycles. The molecule has 0 radical (unpaired) electrons. The van der Waals surface area contributed by atoms with E-state index in [0.717, 1.165) is 12.2 Å². The van der Waals surface area contributed by atoms with Gasteiger partial charge in [-0.25, -0.2) is 0 Å². The molecule has 2 rings (SSSR count). The Labute approximate surface area is 111 Å². The van der Waals surface area contributed by atoms with E-state index in [-0.39, 0.29) is 0 Å². The fourth-order valence-electron chi connectivity index (χ4n) is 1.51. The van der Waals surface area contributed by atoms with Crippen molar-refractivity contribution in [2.24, 2.45) is 0 Å². The zero-order valence-electron chi connectivity index (χ0n) is 11.0. The minimum absolute atomic E-state index is 0.513. The van der Waals surface area contributed by atoms with E-state index in [9.17, 15) is 0 Å². The van der Waals surface area contributed by atoms with Gasteiger partial charge in [0.1, 0.15) is 6.61 Å². The highest BCUT2D eigenvalue weighted by Gasteiger charge is 2.03. The van der Waals surface area contributed by atoms with Crippen molar-refractivity contribution in [3.05, 3.63) is 33.6 Å². The summed E-state index contributed by atoms with van der Waals surface area (Å²) < 4.78 is 5.60. The van der Waals surface area contributed by atoms with Gasteiger partial charge in [-0.2, -0.15) is 0 Å². The second-order valence-electron chi connectivity index (χ2n) is 4.58. The molecule has 2 heterocycles. The van der Waals surface area contributed by atoms with Crippen molar-refractivity contribution in [1.29, 1.82) is 0 Å². The molecule has 0 saturated carbocycles. The normalized spacial score (nSPS) is 11.1. The second-order valence-corrected chi connectivity index (χ2v) is 5.83. The molecule has 0 bridgehead atoms. The number of thiophene rings is 1. The first-order chi connectivity index (χ1) is 8.63. The van der Waals surface area contributed by atoms with Crippen molar-refractivity contribution in [3.8, 4) is 5.88 Å². The Balaban J connectivity index is 1.83. The molecular weight excluding hydrogens is 246 g/mol. The SMILES string of the molecule is Cc1cc(OCc2ccc(CNC(C)C)s2)n[nH]1. The Bertz CT molecular complexity index is 490. The lowest BCUT2D eigenvalue weighted by Crippen LogP contribution is -2.21. The molecule has 0 unspecified atom stereocenters. The van der Waals surface area contributed by atoms with Gasteiger partial charge in [-0.05, 0) is 19.1 Å². The molecule has 0 atom stereocenters. The lowest BCUT2D eigenvalue weighted by molar-refractivity contribution is 0.297. The summed E-state index contributed by atoms with van der Waals surface area (Å²) in [6.45, 7) is 7.76. The zero-order chi connectivity index (χ0) is 13.0. The number of nitrogens with one attached hydrogen (secondary N) is 2. The van der Waals surface area contributed by atoms with Crippen molar-refractivity contribution in [2.45, 2.75) is 40.0 Å². The highest BCUT2D eigenvalue weighted by molar-refractivity contribution is 7.11. The third-order valence-electron chi connectivity index (χ3n) is 2.45. The molecule has 0 spiro atoms. The van der Waals surface area contributed by atoms with Gasteiger partial charge >= 0.3 is 0 Å². The minimum atomic E-state index is 0.513. The molecule has 0 fully saturated rings. The van der Waals surface area contributed by atoms with Gasteiger partial charge in [0.25, 0.3) is 0 Å². The Morgan fingerprint density at radius 1 is 1.39 bits per heavy atom. The molecule has 0 amide bonds. The van der Waals surface area contributed by atoms with Crippen LogP contribution in [0.25, 0.3) is 0 Å². The van der Waals surface area contributed by atoms with Crippen LogP contribution in [0.2, 0.25) is 0 Å². The fourth-order valence-corrected chi connectivity index (χ4v) is 2.39. The molecule has 0 saturated heterocycles. The summed E-state index contributed by atoms with van der Waals surface area (Å²) in [5.74, 6) is 0.655. The number of H-pyrrole nitrogens is 1. The van der Waals surface area contributed by atoms with Gasteiger partial charge in [-0.15, -0.1) is 16.4 Å². The van der Waals surface area contributed by atoms with E-state index >= 15 is 0 Å². The standard InChI is InChI=1S/C13H19N3OS/c1-9(2)14-7-11-4-5-12(18-11)8-17-13-6-10(3)15-16-13/h4-6,9,14H,7-8H2,1-3H3,(H,15,16). The highest BCUT2D eigenvalue weighted by atomic mass is 32.1. The van der Waals surface area contributed by atoms with E-state index < -0.39 is 0 Å². The van der Waals surface area contributed by atoms with Crippen LogP contribution in [-0.4, -0.2) is 16.2 Å². The van der Waals surface area contributed by atoms with Crippen molar-refractivity contribution in [1.82, 2.24) is 15.5 Å². The number of rotatable bonds is 6. The number of aryl methyl sites for hydroxylation is 1. The van der Waals surface area contributed by atoms with Crippen LogP contribution in [0.4, 0.5) is 0 Å². The average Bonchev–Trinajstić information content (AvgIpc) is 2.93. The number of aromatic amines is 1. The Hall–Kier alpha value is -1.33. The second kappa shape index (κ2) is 6.02. The summed E-state index contributed by atoms with van der Waals surface area (Å²) in [6, 6.07) is 6.67. The summed E-state index contributed by atoms with van der Waals surface area (Å²) in [5.41, 5.74) is 1.01. The fraction of sp³-hybridized carbons (Fsp3) is 0.462. The van der Waals surface area contributed by atoms with Crippen LogP contribution in [0, 0.1) is 6.92 Å². The molecule has 5 heteroatoms. The summed E-state index contributed by atoms with van der Waals surface area (Å²) in [4.78, 5) is 2.55. The van der Waals surface area contributed by atoms with Gasteiger partial charge in [0, 0.05) is 34.1 Å². The topological polar surface area (TPSA) is 49.9 Å². The van der Waals surface area contributed by atoms with Crippen LogP contribution in [0.15, 0.2) is 18.2 Å². The molecule has 2 aromatic rings. The number of nitrogens with zero attached hydrogens (tertiary/aromatic N) is 1. The van der Waals surface area contributed by atoms with Crippen molar-refractivity contribution in [3.63, 3.8) is 0 Å². The average molecular weight is 265 g/mol. The van der Waals surface area contributed by atoms with Gasteiger partial charge in [-0.1, -0.05) is 13.8 Å². The third-order valence-corrected chi connectivity index (χ3v) is 3.51. The van der Waals surface area contributed by atoms with Gasteiger partial charge in [0.05, 0.1) is 0 Å². The third kappa shape index (κ3) is 3.85. The Kier molecular flexibility index (Phi) is 4.38. The van der Waals surface area contributed by atoms with E-state index in [1.807, 2.05) is 13.0 Å². The van der Waals surface area contributed by atoms with E-state index in [0.29, 0.717) is 18.5 Å². The molecule has 2 N–H and O–H groups in total. The van der Waals surface area contributed by atoms with Gasteiger partial charge < -0.3 is 10.1 Å². The zero-order valence-corrected chi connectivity index (χ0v) is 11.8. The molecule has 2 aromatic heterocycles. The summed E-state index contributed by atoms with van der Waals surface area (Å²) in [6.07, 6.45) is 0. The van der Waals surface area contributed by atoms with Gasteiger partial charge in [0.2, 0.25) is 5.88 Å². The van der Waals surface area contributed by atoms with Crippen LogP contribution in [0.3, 0.4) is 0 Å². The van der Waals surface area contributed by atoms with Crippen molar-refractivity contribution < 1.29 is 4.74 Å². The minimum Gasteiger partial charge on any atom is -0.471 e. The number of hydrogen-bond donors (Lipinski definition) is 2. The van der Waals surface area contributed by atoms with Crippen molar-refractivity contribution in [2.75, 3.05) is 0 Å². The first-order valence-electron chi connectivity index (χ1n) is 6.09. The maximum atomic E-state index is 5.60. The Morgan fingerprint density at radius 3 is 2.83 bits per heavy atom. The number of hydrogen-bond acceptors (Lipinski definition) is 4. The van der Waals surface area contributed by atoms with Gasteiger partial charge in [0.15, 0.2) is 0 Å². The molecule has 18 heavy (non-hydrogen) atoms. The predicted octanol–water partition coefficient (Wildman–Crippen LogP) is 2.86. The van der Waals surface area contributed by atoms with Crippen LogP contribution < -0.4 is 10.1 Å². The van der Waals surface area contributed by atoms with E-state index in [4.69, 9.17) is 4.74 Å². The van der Waals surface area contributed by atoms with E-state index in [1.54, 1.807) is 11.3 Å². The van der Waals surface area contributed by atoms with Crippen LogP contribution in [-0.2, 0) is 13.2 Å². The van der Waals surface area contributed by atoms with E-state index in [1.165, 1.54) is 9.75 Å². The lowest BCUT2D eigenvalue weighted by atomic mass is 10.3. The number of aromatic nitrogens is 2. The molecule has 0 aliphatic heterocycles. The highest BCUT2D eigenvalue weighted by Crippen LogP contribution is 2.18. The first kappa shape index (κ1) is 13.1. The van der Waals surface area contributed by atoms with Gasteiger partial charge in [-0.3, -0.25) is 5.10 Å². The van der Waals surface area contributed by atoms with Crippen LogP contribution >= 0.6 is 11.3 Å².